The molecule has 1 atom stereocenters. The van der Waals surface area contributed by atoms with E-state index in [2.05, 4.69) is 4.74 Å². The lowest BCUT2D eigenvalue weighted by molar-refractivity contribution is -0.135. The molecule has 0 aromatic carbocycles. The molecule has 0 aromatic heterocycles. The van der Waals surface area contributed by atoms with Gasteiger partial charge in [0.15, 0.2) is 0 Å². The van der Waals surface area contributed by atoms with Gasteiger partial charge < -0.3 is 9.84 Å². The summed E-state index contributed by atoms with van der Waals surface area (Å²) < 4.78 is 4.37. The van der Waals surface area contributed by atoms with E-state index in [-0.39, 0.29) is 5.97 Å². The maximum atomic E-state index is 10.1. The van der Waals surface area contributed by atoms with Gasteiger partial charge in [0.2, 0.25) is 0 Å². The van der Waals surface area contributed by atoms with E-state index in [1.54, 1.807) is 6.92 Å². The highest BCUT2D eigenvalue weighted by Crippen LogP contribution is 1.84. The number of rotatable bonds is 2. The molecular weight excluding hydrogens is 120 g/mol. The molecule has 0 aliphatic heterocycles. The van der Waals surface area contributed by atoms with Gasteiger partial charge >= 0.3 is 5.97 Å². The molecule has 1 unspecified atom stereocenters. The third-order valence-electron chi connectivity index (χ3n) is 0.591. The van der Waals surface area contributed by atoms with Crippen molar-refractivity contribution in [1.29, 1.82) is 0 Å². The Morgan fingerprint density at radius 3 is 2.67 bits per heavy atom. The van der Waals surface area contributed by atoms with Crippen LogP contribution in [-0.4, -0.2) is 17.2 Å². The van der Waals surface area contributed by atoms with Crippen LogP contribution in [0, 0.1) is 0 Å². The van der Waals surface area contributed by atoms with Crippen LogP contribution < -0.4 is 0 Å². The molecule has 0 bridgehead atoms. The van der Waals surface area contributed by atoms with Crippen molar-refractivity contribution in [3.63, 3.8) is 0 Å². The zero-order chi connectivity index (χ0) is 7.28. The molecule has 0 aliphatic rings. The molecule has 0 rings (SSSR count). The van der Waals surface area contributed by atoms with Crippen LogP contribution in [0.1, 0.15) is 13.8 Å². The Hall–Kier alpha value is -0.830. The molecule has 3 heteroatoms. The third-order valence-corrected chi connectivity index (χ3v) is 0.591. The molecule has 0 saturated heterocycles. The van der Waals surface area contributed by atoms with Crippen molar-refractivity contribution in [2.75, 3.05) is 0 Å². The Kier molecular flexibility index (Phi) is 3.71. The van der Waals surface area contributed by atoms with Crippen LogP contribution in [0.15, 0.2) is 12.3 Å². The largest absolute Gasteiger partial charge is 0.435 e. The molecule has 0 spiro atoms. The Labute approximate surface area is 53.9 Å². The highest BCUT2D eigenvalue weighted by Gasteiger charge is 1.87. The summed E-state index contributed by atoms with van der Waals surface area (Å²) in [5.41, 5.74) is 0. The summed E-state index contributed by atoms with van der Waals surface area (Å²) in [5.74, 6) is -0.382. The van der Waals surface area contributed by atoms with Gasteiger partial charge in [-0.3, -0.25) is 4.79 Å². The van der Waals surface area contributed by atoms with Crippen molar-refractivity contribution >= 4 is 5.97 Å². The zero-order valence-electron chi connectivity index (χ0n) is 5.50. The predicted molar refractivity (Wildman–Crippen MR) is 32.6 cm³/mol. The van der Waals surface area contributed by atoms with Gasteiger partial charge in [-0.15, -0.1) is 0 Å². The summed E-state index contributed by atoms with van der Waals surface area (Å²) in [7, 11) is 0. The third kappa shape index (κ3) is 7.17. The van der Waals surface area contributed by atoms with Gasteiger partial charge in [0.05, 0.1) is 12.4 Å². The number of carbonyl (C=O) groups excluding carboxylic acids is 1. The number of hydrogen-bond acceptors (Lipinski definition) is 3. The Balaban J connectivity index is 3.36. The summed E-state index contributed by atoms with van der Waals surface area (Å²) in [6.07, 6.45) is 1.98. The van der Waals surface area contributed by atoms with Gasteiger partial charge in [-0.2, -0.15) is 0 Å². The summed E-state index contributed by atoms with van der Waals surface area (Å²) >= 11 is 0. The molecule has 1 N–H and O–H groups in total. The lowest BCUT2D eigenvalue weighted by atomic mass is 10.4. The van der Waals surface area contributed by atoms with E-state index < -0.39 is 6.10 Å². The summed E-state index contributed by atoms with van der Waals surface area (Å²) in [4.78, 5) is 10.1. The second-order valence-electron chi connectivity index (χ2n) is 1.68. The quantitative estimate of drug-likeness (QED) is 0.436. The lowest BCUT2D eigenvalue weighted by Gasteiger charge is -1.92. The molecule has 0 heterocycles. The van der Waals surface area contributed by atoms with Crippen molar-refractivity contribution in [3.8, 4) is 0 Å². The molecule has 0 amide bonds. The van der Waals surface area contributed by atoms with E-state index in [1.165, 1.54) is 19.3 Å². The number of aliphatic hydroxyl groups is 1. The van der Waals surface area contributed by atoms with E-state index in [0.717, 1.165) is 0 Å². The smallest absolute Gasteiger partial charge is 0.307 e. The van der Waals surface area contributed by atoms with Crippen LogP contribution in [0.2, 0.25) is 0 Å². The van der Waals surface area contributed by atoms with Crippen LogP contribution >= 0.6 is 0 Å². The van der Waals surface area contributed by atoms with Gasteiger partial charge in [-0.25, -0.2) is 0 Å². The zero-order valence-corrected chi connectivity index (χ0v) is 5.50. The van der Waals surface area contributed by atoms with E-state index >= 15 is 0 Å². The minimum Gasteiger partial charge on any atom is -0.435 e. The molecule has 3 nitrogen and oxygen atoms in total. The minimum absolute atomic E-state index is 0.382. The van der Waals surface area contributed by atoms with Gasteiger partial charge in [0, 0.05) is 6.92 Å². The van der Waals surface area contributed by atoms with Crippen molar-refractivity contribution in [2.24, 2.45) is 0 Å². The SMILES string of the molecule is CC(=O)O/C=C/C(C)O. The molecule has 9 heavy (non-hydrogen) atoms. The Morgan fingerprint density at radius 2 is 2.33 bits per heavy atom. The number of ether oxygens (including phenoxy) is 1. The minimum atomic E-state index is -0.565. The fourth-order valence-electron chi connectivity index (χ4n) is 0.249. The summed E-state index contributed by atoms with van der Waals surface area (Å²) in [5, 5.41) is 8.59. The molecular formula is C6H10O3. The average Bonchev–Trinajstić information content (AvgIpc) is 1.63. The van der Waals surface area contributed by atoms with Crippen LogP contribution in [0.3, 0.4) is 0 Å². The number of esters is 1. The van der Waals surface area contributed by atoms with Gasteiger partial charge in [-0.1, -0.05) is 0 Å². The maximum absolute atomic E-state index is 10.1. The van der Waals surface area contributed by atoms with E-state index in [4.69, 9.17) is 5.11 Å². The second-order valence-corrected chi connectivity index (χ2v) is 1.68. The first-order valence-electron chi connectivity index (χ1n) is 2.65. The standard InChI is InChI=1S/C6H10O3/c1-5(7)3-4-9-6(2)8/h3-5,7H,1-2H3/b4-3+. The van der Waals surface area contributed by atoms with Gasteiger partial charge in [0.25, 0.3) is 0 Å². The van der Waals surface area contributed by atoms with Crippen molar-refractivity contribution in [3.05, 3.63) is 12.3 Å². The summed E-state index contributed by atoms with van der Waals surface area (Å²) in [6, 6.07) is 0. The second kappa shape index (κ2) is 4.09. The van der Waals surface area contributed by atoms with Crippen LogP contribution in [-0.2, 0) is 9.53 Å². The fraction of sp³-hybridized carbons (Fsp3) is 0.500. The Morgan fingerprint density at radius 1 is 1.78 bits per heavy atom. The first-order valence-corrected chi connectivity index (χ1v) is 2.65. The van der Waals surface area contributed by atoms with Gasteiger partial charge in [0.1, 0.15) is 0 Å². The molecule has 0 radical (unpaired) electrons. The van der Waals surface area contributed by atoms with Crippen molar-refractivity contribution < 1.29 is 14.6 Å². The monoisotopic (exact) mass is 130 g/mol. The summed E-state index contributed by atoms with van der Waals surface area (Å²) in [6.45, 7) is 2.87. The Bertz CT molecular complexity index is 115. The predicted octanol–water partition coefficient (Wildman–Crippen LogP) is 0.444. The molecule has 0 aliphatic carbocycles. The normalized spacial score (nSPS) is 13.7. The first kappa shape index (κ1) is 8.17. The van der Waals surface area contributed by atoms with Crippen LogP contribution in [0.25, 0.3) is 0 Å². The van der Waals surface area contributed by atoms with E-state index in [0.29, 0.717) is 0 Å². The highest BCUT2D eigenvalue weighted by molar-refractivity contribution is 5.66. The topological polar surface area (TPSA) is 46.5 Å². The van der Waals surface area contributed by atoms with E-state index in [1.807, 2.05) is 0 Å². The van der Waals surface area contributed by atoms with Crippen molar-refractivity contribution in [2.45, 2.75) is 20.0 Å². The highest BCUT2D eigenvalue weighted by atomic mass is 16.5. The molecule has 52 valence electrons. The van der Waals surface area contributed by atoms with E-state index in [9.17, 15) is 4.79 Å². The molecule has 0 saturated carbocycles. The van der Waals surface area contributed by atoms with Gasteiger partial charge in [-0.05, 0) is 13.0 Å². The number of hydrogen-bond donors (Lipinski definition) is 1. The van der Waals surface area contributed by atoms with Crippen LogP contribution in [0.5, 0.6) is 0 Å². The first-order chi connectivity index (χ1) is 4.13. The number of carbonyl (C=O) groups is 1. The number of aliphatic hydroxyl groups excluding tert-OH is 1. The molecule has 0 fully saturated rings. The molecule has 0 aromatic rings. The van der Waals surface area contributed by atoms with Crippen molar-refractivity contribution in [1.82, 2.24) is 0 Å². The average molecular weight is 130 g/mol. The lowest BCUT2D eigenvalue weighted by Crippen LogP contribution is -1.95. The fourth-order valence-corrected chi connectivity index (χ4v) is 0.249. The maximum Gasteiger partial charge on any atom is 0.307 e. The van der Waals surface area contributed by atoms with Crippen LogP contribution in [0.4, 0.5) is 0 Å².